The van der Waals surface area contributed by atoms with Gasteiger partial charge in [0.25, 0.3) is 11.6 Å². The summed E-state index contributed by atoms with van der Waals surface area (Å²) in [5, 5.41) is 10.9. The minimum atomic E-state index is -1.33. The molecule has 0 bridgehead atoms. The van der Waals surface area contributed by atoms with Crippen molar-refractivity contribution in [1.29, 1.82) is 0 Å². The molecule has 33 heavy (non-hydrogen) atoms. The maximum atomic E-state index is 13.4. The Bertz CT molecular complexity index is 1270. The van der Waals surface area contributed by atoms with Crippen molar-refractivity contribution >= 4 is 34.6 Å². The average Bonchev–Trinajstić information content (AvgIpc) is 3.09. The van der Waals surface area contributed by atoms with Crippen LogP contribution in [-0.2, 0) is 9.59 Å². The summed E-state index contributed by atoms with van der Waals surface area (Å²) in [6.07, 6.45) is 0. The van der Waals surface area contributed by atoms with Crippen LogP contribution in [0, 0.1) is 16.0 Å². The van der Waals surface area contributed by atoms with Crippen molar-refractivity contribution in [3.63, 3.8) is 0 Å². The van der Waals surface area contributed by atoms with Gasteiger partial charge in [0.05, 0.1) is 11.0 Å². The number of nitro benzene ring substituents is 1. The molecule has 1 fully saturated rings. The number of benzene rings is 3. The first kappa shape index (κ1) is 21.8. The van der Waals surface area contributed by atoms with E-state index in [0.717, 1.165) is 0 Å². The molecule has 1 aliphatic heterocycles. The number of nitrogens with zero attached hydrogens (tertiary/aromatic N) is 2. The molecular weight excluding hydrogens is 424 g/mol. The third-order valence-corrected chi connectivity index (χ3v) is 5.64. The molecule has 0 radical (unpaired) electrons. The monoisotopic (exact) mass is 442 g/mol. The molecule has 2 unspecified atom stereocenters. The van der Waals surface area contributed by atoms with Crippen molar-refractivity contribution in [2.75, 3.05) is 4.90 Å². The van der Waals surface area contributed by atoms with E-state index in [1.807, 2.05) is 0 Å². The standard InChI is InChI=1S/C25H18N2O6/c1-15(28)16-7-11-19(12-8-16)26-22(17-5-3-2-4-6-17)21(24(30)25(26)31)23(29)18-9-13-20(14-10-18)27(32)33/h2-14,21-22H,1H3. The van der Waals surface area contributed by atoms with Crippen LogP contribution in [0.15, 0.2) is 78.9 Å². The molecule has 1 amide bonds. The molecule has 1 saturated heterocycles. The number of carbonyl (C=O) groups excluding carboxylic acids is 4. The van der Waals surface area contributed by atoms with E-state index in [1.54, 1.807) is 54.6 Å². The molecule has 3 aromatic carbocycles. The van der Waals surface area contributed by atoms with Crippen molar-refractivity contribution in [1.82, 2.24) is 0 Å². The lowest BCUT2D eigenvalue weighted by Crippen LogP contribution is -2.30. The topological polar surface area (TPSA) is 115 Å². The maximum absolute atomic E-state index is 13.4. The Labute approximate surface area is 188 Å². The zero-order chi connectivity index (χ0) is 23.7. The molecule has 0 N–H and O–H groups in total. The van der Waals surface area contributed by atoms with E-state index in [1.165, 1.54) is 36.1 Å². The van der Waals surface area contributed by atoms with E-state index in [0.29, 0.717) is 16.8 Å². The van der Waals surface area contributed by atoms with E-state index >= 15 is 0 Å². The molecule has 0 saturated carbocycles. The zero-order valence-corrected chi connectivity index (χ0v) is 17.5. The zero-order valence-electron chi connectivity index (χ0n) is 17.5. The summed E-state index contributed by atoms with van der Waals surface area (Å²) < 4.78 is 0. The first-order valence-corrected chi connectivity index (χ1v) is 10.1. The van der Waals surface area contributed by atoms with E-state index in [4.69, 9.17) is 0 Å². The number of Topliss-reactive ketones (excluding diaryl/α,β-unsaturated/α-hetero) is 3. The summed E-state index contributed by atoms with van der Waals surface area (Å²) in [5.41, 5.74) is 1.33. The van der Waals surface area contributed by atoms with Crippen LogP contribution in [0.3, 0.4) is 0 Å². The van der Waals surface area contributed by atoms with Crippen molar-refractivity contribution < 1.29 is 24.1 Å². The van der Waals surface area contributed by atoms with Gasteiger partial charge in [-0.1, -0.05) is 30.3 Å². The number of anilines is 1. The lowest BCUT2D eigenvalue weighted by Gasteiger charge is -2.27. The molecule has 1 heterocycles. The number of hydrogen-bond acceptors (Lipinski definition) is 6. The number of ketones is 3. The van der Waals surface area contributed by atoms with Gasteiger partial charge in [0.1, 0.15) is 5.92 Å². The molecular formula is C25H18N2O6. The van der Waals surface area contributed by atoms with Crippen LogP contribution in [0.5, 0.6) is 0 Å². The Hall–Kier alpha value is -4.46. The van der Waals surface area contributed by atoms with Crippen molar-refractivity contribution in [3.05, 3.63) is 106 Å². The summed E-state index contributed by atoms with van der Waals surface area (Å²) >= 11 is 0. The summed E-state index contributed by atoms with van der Waals surface area (Å²) in [6.45, 7) is 1.42. The Balaban J connectivity index is 1.79. The summed E-state index contributed by atoms with van der Waals surface area (Å²) in [4.78, 5) is 62.7. The highest BCUT2D eigenvalue weighted by molar-refractivity contribution is 6.49. The molecule has 0 spiro atoms. The van der Waals surface area contributed by atoms with Gasteiger partial charge >= 0.3 is 0 Å². The van der Waals surface area contributed by atoms with Gasteiger partial charge in [0.15, 0.2) is 11.6 Å². The normalized spacial score (nSPS) is 17.8. The molecule has 3 aromatic rings. The van der Waals surface area contributed by atoms with Gasteiger partial charge in [0, 0.05) is 28.9 Å². The fourth-order valence-electron chi connectivity index (χ4n) is 3.99. The minimum Gasteiger partial charge on any atom is -0.297 e. The Kier molecular flexibility index (Phi) is 5.66. The van der Waals surface area contributed by atoms with Crippen LogP contribution in [0.4, 0.5) is 11.4 Å². The van der Waals surface area contributed by atoms with Gasteiger partial charge in [0.2, 0.25) is 5.78 Å². The smallest absolute Gasteiger partial charge is 0.295 e. The predicted molar refractivity (Wildman–Crippen MR) is 119 cm³/mol. The number of non-ortho nitro benzene ring substituents is 1. The number of hydrogen-bond donors (Lipinski definition) is 0. The number of rotatable bonds is 6. The van der Waals surface area contributed by atoms with E-state index in [2.05, 4.69) is 0 Å². The van der Waals surface area contributed by atoms with E-state index in [-0.39, 0.29) is 17.0 Å². The van der Waals surface area contributed by atoms with Crippen LogP contribution in [0.2, 0.25) is 0 Å². The quantitative estimate of drug-likeness (QED) is 0.188. The van der Waals surface area contributed by atoms with Crippen molar-refractivity contribution in [2.24, 2.45) is 5.92 Å². The van der Waals surface area contributed by atoms with Crippen molar-refractivity contribution in [2.45, 2.75) is 13.0 Å². The lowest BCUT2D eigenvalue weighted by atomic mass is 9.86. The van der Waals surface area contributed by atoms with Crippen LogP contribution in [-0.4, -0.2) is 28.2 Å². The van der Waals surface area contributed by atoms with Crippen LogP contribution >= 0.6 is 0 Å². The average molecular weight is 442 g/mol. The van der Waals surface area contributed by atoms with Gasteiger partial charge in [-0.15, -0.1) is 0 Å². The Morgan fingerprint density at radius 2 is 1.42 bits per heavy atom. The number of nitro groups is 1. The van der Waals surface area contributed by atoms with Crippen LogP contribution < -0.4 is 4.90 Å². The van der Waals surface area contributed by atoms with E-state index in [9.17, 15) is 29.3 Å². The molecule has 8 nitrogen and oxygen atoms in total. The summed E-state index contributed by atoms with van der Waals surface area (Å²) in [5.74, 6) is -3.76. The summed E-state index contributed by atoms with van der Waals surface area (Å²) in [6, 6.07) is 19.0. The second-order valence-corrected chi connectivity index (χ2v) is 7.64. The highest BCUT2D eigenvalue weighted by atomic mass is 16.6. The van der Waals surface area contributed by atoms with Crippen LogP contribution in [0.25, 0.3) is 0 Å². The Morgan fingerprint density at radius 1 is 0.848 bits per heavy atom. The molecule has 0 aromatic heterocycles. The van der Waals surface area contributed by atoms with Gasteiger partial charge in [-0.3, -0.25) is 34.2 Å². The molecule has 164 valence electrons. The highest BCUT2D eigenvalue weighted by Gasteiger charge is 2.52. The number of carbonyl (C=O) groups is 4. The predicted octanol–water partition coefficient (Wildman–Crippen LogP) is 3.95. The third-order valence-electron chi connectivity index (χ3n) is 5.64. The fourth-order valence-corrected chi connectivity index (χ4v) is 3.99. The Morgan fingerprint density at radius 3 is 1.97 bits per heavy atom. The highest BCUT2D eigenvalue weighted by Crippen LogP contribution is 2.41. The van der Waals surface area contributed by atoms with Gasteiger partial charge in [-0.25, -0.2) is 0 Å². The van der Waals surface area contributed by atoms with Gasteiger partial charge in [-0.05, 0) is 48.9 Å². The van der Waals surface area contributed by atoms with Gasteiger partial charge in [-0.2, -0.15) is 0 Å². The molecule has 1 aliphatic rings. The van der Waals surface area contributed by atoms with Crippen molar-refractivity contribution in [3.8, 4) is 0 Å². The molecule has 4 rings (SSSR count). The molecule has 2 atom stereocenters. The first-order chi connectivity index (χ1) is 15.8. The minimum absolute atomic E-state index is 0.0986. The second kappa shape index (κ2) is 8.58. The molecule has 0 aliphatic carbocycles. The first-order valence-electron chi connectivity index (χ1n) is 10.1. The van der Waals surface area contributed by atoms with Crippen LogP contribution in [0.1, 0.15) is 39.2 Å². The molecule has 8 heteroatoms. The largest absolute Gasteiger partial charge is 0.297 e. The van der Waals surface area contributed by atoms with Gasteiger partial charge < -0.3 is 0 Å². The van der Waals surface area contributed by atoms with E-state index < -0.39 is 34.4 Å². The SMILES string of the molecule is CC(=O)c1ccc(N2C(=O)C(=O)C(C(=O)c3ccc([N+](=O)[O-])cc3)C2c2ccccc2)cc1. The summed E-state index contributed by atoms with van der Waals surface area (Å²) in [7, 11) is 0. The second-order valence-electron chi connectivity index (χ2n) is 7.64. The maximum Gasteiger partial charge on any atom is 0.295 e. The number of amides is 1. The lowest BCUT2D eigenvalue weighted by molar-refractivity contribution is -0.384. The third kappa shape index (κ3) is 3.94. The fraction of sp³-hybridized carbons (Fsp3) is 0.120.